The van der Waals surface area contributed by atoms with Crippen molar-refractivity contribution in [1.29, 1.82) is 0 Å². The number of piperidine rings is 1. The fraction of sp³-hybridized carbons (Fsp3) is 0.562. The van der Waals surface area contributed by atoms with E-state index in [2.05, 4.69) is 24.4 Å². The Morgan fingerprint density at radius 1 is 1.40 bits per heavy atom. The number of carbonyl (C=O) groups excluding carboxylic acids is 1. The molecule has 0 radical (unpaired) electrons. The predicted octanol–water partition coefficient (Wildman–Crippen LogP) is 1.48. The zero-order valence-electron chi connectivity index (χ0n) is 12.0. The van der Waals surface area contributed by atoms with Crippen LogP contribution in [0.3, 0.4) is 0 Å². The maximum atomic E-state index is 12.4. The monoisotopic (exact) mass is 274 g/mol. The Morgan fingerprint density at radius 3 is 3.00 bits per heavy atom. The van der Waals surface area contributed by atoms with Crippen LogP contribution in [-0.4, -0.2) is 42.6 Å². The number of ether oxygens (including phenoxy) is 1. The van der Waals surface area contributed by atoms with Crippen LogP contribution in [0.25, 0.3) is 0 Å². The average molecular weight is 274 g/mol. The molecular formula is C16H22N2O2. The van der Waals surface area contributed by atoms with Crippen molar-refractivity contribution >= 4 is 5.91 Å². The van der Waals surface area contributed by atoms with Gasteiger partial charge in [0.1, 0.15) is 6.61 Å². The van der Waals surface area contributed by atoms with Crippen LogP contribution in [-0.2, 0) is 16.1 Å². The van der Waals surface area contributed by atoms with Gasteiger partial charge >= 0.3 is 0 Å². The molecule has 2 fully saturated rings. The molecule has 2 heterocycles. The van der Waals surface area contributed by atoms with Crippen LogP contribution >= 0.6 is 0 Å². The van der Waals surface area contributed by atoms with Crippen LogP contribution in [0.2, 0.25) is 0 Å². The number of aryl methyl sites for hydroxylation is 1. The molecular weight excluding hydrogens is 252 g/mol. The molecule has 4 heteroatoms. The summed E-state index contributed by atoms with van der Waals surface area (Å²) in [6, 6.07) is 8.30. The van der Waals surface area contributed by atoms with Gasteiger partial charge in [0.15, 0.2) is 0 Å². The average Bonchev–Trinajstić information content (AvgIpc) is 2.46. The number of morpholine rings is 1. The highest BCUT2D eigenvalue weighted by molar-refractivity contribution is 5.79. The van der Waals surface area contributed by atoms with Crippen LogP contribution < -0.4 is 5.32 Å². The molecule has 20 heavy (non-hydrogen) atoms. The van der Waals surface area contributed by atoms with Gasteiger partial charge in [0, 0.05) is 13.1 Å². The van der Waals surface area contributed by atoms with E-state index in [-0.39, 0.29) is 18.1 Å². The summed E-state index contributed by atoms with van der Waals surface area (Å²) in [4.78, 5) is 14.4. The Balaban J connectivity index is 1.87. The maximum Gasteiger partial charge on any atom is 0.249 e. The summed E-state index contributed by atoms with van der Waals surface area (Å²) in [5.41, 5.74) is 2.31. The third-order valence-corrected chi connectivity index (χ3v) is 4.51. The van der Waals surface area contributed by atoms with Gasteiger partial charge in [-0.3, -0.25) is 4.79 Å². The van der Waals surface area contributed by atoms with Gasteiger partial charge in [0.05, 0.1) is 12.1 Å². The van der Waals surface area contributed by atoms with E-state index >= 15 is 0 Å². The molecule has 1 aromatic carbocycles. The van der Waals surface area contributed by atoms with Crippen molar-refractivity contribution in [3.63, 3.8) is 0 Å². The molecule has 2 aliphatic rings. The van der Waals surface area contributed by atoms with Crippen molar-refractivity contribution in [3.8, 4) is 0 Å². The highest BCUT2D eigenvalue weighted by Gasteiger charge is 2.44. The summed E-state index contributed by atoms with van der Waals surface area (Å²) >= 11 is 0. The zero-order valence-corrected chi connectivity index (χ0v) is 12.0. The van der Waals surface area contributed by atoms with Crippen molar-refractivity contribution in [2.75, 3.05) is 26.3 Å². The van der Waals surface area contributed by atoms with E-state index in [4.69, 9.17) is 4.74 Å². The predicted molar refractivity (Wildman–Crippen MR) is 77.4 cm³/mol. The molecule has 1 aromatic rings. The van der Waals surface area contributed by atoms with E-state index in [0.717, 1.165) is 25.9 Å². The topological polar surface area (TPSA) is 41.6 Å². The van der Waals surface area contributed by atoms with E-state index in [1.165, 1.54) is 11.1 Å². The van der Waals surface area contributed by atoms with Gasteiger partial charge in [0.2, 0.25) is 5.91 Å². The number of rotatable bonds is 2. The number of nitrogens with one attached hydrogen (secondary N) is 1. The number of benzene rings is 1. The molecule has 1 spiro atoms. The van der Waals surface area contributed by atoms with Crippen molar-refractivity contribution in [2.45, 2.75) is 31.8 Å². The summed E-state index contributed by atoms with van der Waals surface area (Å²) in [6.45, 7) is 5.53. The zero-order chi connectivity index (χ0) is 14.0. The van der Waals surface area contributed by atoms with Gasteiger partial charge in [-0.05, 0) is 37.4 Å². The van der Waals surface area contributed by atoms with E-state index in [1.54, 1.807) is 0 Å². The fourth-order valence-electron chi connectivity index (χ4n) is 3.27. The van der Waals surface area contributed by atoms with Crippen LogP contribution in [0.15, 0.2) is 24.3 Å². The van der Waals surface area contributed by atoms with Gasteiger partial charge in [-0.1, -0.05) is 24.3 Å². The summed E-state index contributed by atoms with van der Waals surface area (Å²) < 4.78 is 5.54. The minimum absolute atomic E-state index is 0.114. The Kier molecular flexibility index (Phi) is 3.76. The third-order valence-electron chi connectivity index (χ3n) is 4.51. The fourth-order valence-corrected chi connectivity index (χ4v) is 3.27. The SMILES string of the molecule is Cc1ccccc1CN1C(=O)COCC12CCCNC2. The van der Waals surface area contributed by atoms with Crippen LogP contribution in [0, 0.1) is 6.92 Å². The van der Waals surface area contributed by atoms with Crippen LogP contribution in [0.1, 0.15) is 24.0 Å². The lowest BCUT2D eigenvalue weighted by molar-refractivity contribution is -0.161. The van der Waals surface area contributed by atoms with Gasteiger partial charge in [0.25, 0.3) is 0 Å². The van der Waals surface area contributed by atoms with E-state index < -0.39 is 0 Å². The van der Waals surface area contributed by atoms with Gasteiger partial charge in [-0.15, -0.1) is 0 Å². The lowest BCUT2D eigenvalue weighted by Gasteiger charge is -2.49. The molecule has 2 saturated heterocycles. The standard InChI is InChI=1S/C16H22N2O2/c1-13-5-2-3-6-14(13)9-18-15(19)10-20-12-16(18)7-4-8-17-11-16/h2-3,5-6,17H,4,7-12H2,1H3. The highest BCUT2D eigenvalue weighted by atomic mass is 16.5. The summed E-state index contributed by atoms with van der Waals surface area (Å²) in [5.74, 6) is 0.114. The second-order valence-corrected chi connectivity index (χ2v) is 5.90. The molecule has 0 saturated carbocycles. The lowest BCUT2D eigenvalue weighted by atomic mass is 9.87. The molecule has 1 atom stereocenters. The molecule has 0 bridgehead atoms. The van der Waals surface area contributed by atoms with E-state index in [1.807, 2.05) is 17.0 Å². The third kappa shape index (κ3) is 2.45. The molecule has 0 aliphatic carbocycles. The second kappa shape index (κ2) is 5.54. The lowest BCUT2D eigenvalue weighted by Crippen LogP contribution is -2.65. The minimum Gasteiger partial charge on any atom is -0.369 e. The molecule has 3 rings (SSSR count). The van der Waals surface area contributed by atoms with Gasteiger partial charge in [-0.25, -0.2) is 0 Å². The number of hydrogen-bond acceptors (Lipinski definition) is 3. The smallest absolute Gasteiger partial charge is 0.249 e. The van der Waals surface area contributed by atoms with Crippen molar-refractivity contribution in [3.05, 3.63) is 35.4 Å². The normalized spacial score (nSPS) is 27.1. The first kappa shape index (κ1) is 13.6. The minimum atomic E-state index is -0.157. The van der Waals surface area contributed by atoms with Crippen molar-refractivity contribution < 1.29 is 9.53 Å². The molecule has 4 nitrogen and oxygen atoms in total. The first-order chi connectivity index (χ1) is 9.71. The van der Waals surface area contributed by atoms with Gasteiger partial charge < -0.3 is 15.0 Å². The molecule has 0 aromatic heterocycles. The van der Waals surface area contributed by atoms with E-state index in [0.29, 0.717) is 13.2 Å². The number of hydrogen-bond donors (Lipinski definition) is 1. The van der Waals surface area contributed by atoms with E-state index in [9.17, 15) is 4.79 Å². The van der Waals surface area contributed by atoms with Crippen LogP contribution in [0.5, 0.6) is 0 Å². The quantitative estimate of drug-likeness (QED) is 0.888. The second-order valence-electron chi connectivity index (χ2n) is 5.90. The van der Waals surface area contributed by atoms with Gasteiger partial charge in [-0.2, -0.15) is 0 Å². The number of carbonyl (C=O) groups is 1. The first-order valence-electron chi connectivity index (χ1n) is 7.35. The number of nitrogens with zero attached hydrogens (tertiary/aromatic N) is 1. The van der Waals surface area contributed by atoms with Crippen molar-refractivity contribution in [1.82, 2.24) is 10.2 Å². The molecule has 1 unspecified atom stereocenters. The molecule has 1 amide bonds. The highest BCUT2D eigenvalue weighted by Crippen LogP contribution is 2.30. The van der Waals surface area contributed by atoms with Crippen LogP contribution in [0.4, 0.5) is 0 Å². The largest absolute Gasteiger partial charge is 0.369 e. The van der Waals surface area contributed by atoms with Crippen molar-refractivity contribution in [2.24, 2.45) is 0 Å². The summed E-state index contributed by atoms with van der Waals surface area (Å²) in [6.07, 6.45) is 2.12. The Bertz CT molecular complexity index is 489. The Labute approximate surface area is 120 Å². The maximum absolute atomic E-state index is 12.4. The summed E-state index contributed by atoms with van der Waals surface area (Å²) in [5, 5.41) is 3.42. The Hall–Kier alpha value is -1.39. The molecule has 1 N–H and O–H groups in total. The molecule has 2 aliphatic heterocycles. The molecule has 108 valence electrons. The first-order valence-corrected chi connectivity index (χ1v) is 7.35. The Morgan fingerprint density at radius 2 is 2.25 bits per heavy atom. The summed E-state index contributed by atoms with van der Waals surface area (Å²) in [7, 11) is 0. The number of amides is 1.